The molecule has 0 aliphatic carbocycles. The maximum absolute atomic E-state index is 14.0. The summed E-state index contributed by atoms with van der Waals surface area (Å²) in [6.07, 6.45) is 3.70. The van der Waals surface area contributed by atoms with Gasteiger partial charge in [0.05, 0.1) is 0 Å². The van der Waals surface area contributed by atoms with Crippen LogP contribution in [0, 0.1) is 0 Å². The molecule has 0 N–H and O–H groups in total. The van der Waals surface area contributed by atoms with Gasteiger partial charge in [0.25, 0.3) is 23.6 Å². The third-order valence-corrected chi connectivity index (χ3v) is 11.5. The van der Waals surface area contributed by atoms with E-state index in [-0.39, 0.29) is 25.7 Å². The Morgan fingerprint density at radius 3 is 0.650 bits per heavy atom. The molecule has 1 aliphatic heterocycles. The van der Waals surface area contributed by atoms with Crippen molar-refractivity contribution in [1.82, 2.24) is 19.6 Å². The summed E-state index contributed by atoms with van der Waals surface area (Å²) in [7, 11) is 5.51. The highest BCUT2D eigenvalue weighted by atomic mass is 16.6. The second kappa shape index (κ2) is 27.6. The summed E-state index contributed by atoms with van der Waals surface area (Å²) in [6.45, 7) is 13.7. The molecular formula is C44H76N4O12. The van der Waals surface area contributed by atoms with Gasteiger partial charge in [-0.15, -0.1) is 0 Å². The van der Waals surface area contributed by atoms with Crippen LogP contribution in [0.2, 0.25) is 0 Å². The molecule has 0 aromatic carbocycles. The van der Waals surface area contributed by atoms with E-state index in [1.807, 2.05) is 27.7 Å². The van der Waals surface area contributed by atoms with E-state index in [4.69, 9.17) is 18.9 Å². The minimum atomic E-state index is -1.31. The summed E-state index contributed by atoms with van der Waals surface area (Å²) in [6, 6.07) is -4.84. The predicted octanol–water partition coefficient (Wildman–Crippen LogP) is 5.36. The van der Waals surface area contributed by atoms with E-state index in [2.05, 4.69) is 0 Å². The molecule has 16 nitrogen and oxygen atoms in total. The summed E-state index contributed by atoms with van der Waals surface area (Å²) in [4.78, 5) is 115. The molecule has 0 unspecified atom stereocenters. The van der Waals surface area contributed by atoms with Crippen molar-refractivity contribution < 1.29 is 57.3 Å². The molecule has 16 heteroatoms. The van der Waals surface area contributed by atoms with Gasteiger partial charge < -0.3 is 38.5 Å². The number of carbonyl (C=O) groups excluding carboxylic acids is 8. The lowest BCUT2D eigenvalue weighted by atomic mass is 10.1. The van der Waals surface area contributed by atoms with Gasteiger partial charge in [-0.05, 0) is 79.1 Å². The number of carbonyl (C=O) groups is 8. The first-order valence-corrected chi connectivity index (χ1v) is 22.2. The zero-order chi connectivity index (χ0) is 45.7. The number of ether oxygens (including phenoxy) is 4. The Hall–Kier alpha value is -4.24. The van der Waals surface area contributed by atoms with Crippen molar-refractivity contribution in [3.05, 3.63) is 0 Å². The fraction of sp³-hybridized carbons (Fsp3) is 0.818. The van der Waals surface area contributed by atoms with E-state index < -0.39 is 96.1 Å². The highest BCUT2D eigenvalue weighted by molar-refractivity contribution is 5.94. The first-order valence-electron chi connectivity index (χ1n) is 22.2. The summed E-state index contributed by atoms with van der Waals surface area (Å²) in [5.41, 5.74) is 0. The number of esters is 4. The molecule has 60 heavy (non-hydrogen) atoms. The van der Waals surface area contributed by atoms with Gasteiger partial charge in [-0.1, -0.05) is 79.1 Å². The Morgan fingerprint density at radius 1 is 0.333 bits per heavy atom. The Labute approximate surface area is 358 Å². The SMILES string of the molecule is CCCCC[C@H]1OC(=O)[C@H](C)N(C)C(=O)[C@@H](CCCCC)OC(=O)[C@@H](C)N(C)C(=O)[C@@H](CCCCC)OC(=O)[C@H](C)N(C)C(=O)[C@@H](CCCCC)OC(=O)[C@@H](C)N(C)C1=O. The van der Waals surface area contributed by atoms with Gasteiger partial charge >= 0.3 is 23.9 Å². The average molecular weight is 853 g/mol. The molecule has 0 aromatic heterocycles. The molecular weight excluding hydrogens is 776 g/mol. The van der Waals surface area contributed by atoms with Crippen LogP contribution in [0.1, 0.15) is 158 Å². The van der Waals surface area contributed by atoms with Crippen LogP contribution in [0.4, 0.5) is 0 Å². The smallest absolute Gasteiger partial charge is 0.329 e. The zero-order valence-electron chi connectivity index (χ0n) is 38.6. The maximum atomic E-state index is 14.0. The van der Waals surface area contributed by atoms with Crippen molar-refractivity contribution in [2.45, 2.75) is 207 Å². The van der Waals surface area contributed by atoms with Crippen LogP contribution in [0.5, 0.6) is 0 Å². The van der Waals surface area contributed by atoms with Gasteiger partial charge in [0, 0.05) is 28.2 Å². The topological polar surface area (TPSA) is 186 Å². The summed E-state index contributed by atoms with van der Waals surface area (Å²) in [5.74, 6) is -6.19. The predicted molar refractivity (Wildman–Crippen MR) is 225 cm³/mol. The van der Waals surface area contributed by atoms with Gasteiger partial charge in [0.2, 0.25) is 0 Å². The molecule has 0 aromatic rings. The van der Waals surface area contributed by atoms with E-state index >= 15 is 0 Å². The van der Waals surface area contributed by atoms with Crippen LogP contribution in [-0.4, -0.2) is 144 Å². The molecule has 8 atom stereocenters. The first kappa shape index (κ1) is 53.8. The molecule has 1 heterocycles. The number of rotatable bonds is 16. The molecule has 1 aliphatic rings. The second-order valence-corrected chi connectivity index (χ2v) is 16.2. The highest BCUT2D eigenvalue weighted by Gasteiger charge is 2.40. The maximum Gasteiger partial charge on any atom is 0.329 e. The summed E-state index contributed by atoms with van der Waals surface area (Å²) >= 11 is 0. The summed E-state index contributed by atoms with van der Waals surface area (Å²) in [5, 5.41) is 0. The third kappa shape index (κ3) is 16.3. The number of amides is 4. The average Bonchev–Trinajstić information content (AvgIpc) is 3.23. The van der Waals surface area contributed by atoms with Crippen molar-refractivity contribution in [2.24, 2.45) is 0 Å². The molecule has 1 rings (SSSR count). The van der Waals surface area contributed by atoms with Crippen molar-refractivity contribution in [3.63, 3.8) is 0 Å². The minimum Gasteiger partial charge on any atom is -0.451 e. The molecule has 1 saturated heterocycles. The molecule has 1 fully saturated rings. The molecule has 0 spiro atoms. The van der Waals surface area contributed by atoms with E-state index in [0.717, 1.165) is 71.0 Å². The Kier molecular flexibility index (Phi) is 24.7. The number of hydrogen-bond donors (Lipinski definition) is 0. The number of nitrogens with zero attached hydrogens (tertiary/aromatic N) is 4. The van der Waals surface area contributed by atoms with Crippen LogP contribution in [0.25, 0.3) is 0 Å². The molecule has 4 amide bonds. The van der Waals surface area contributed by atoms with E-state index in [0.29, 0.717) is 25.7 Å². The van der Waals surface area contributed by atoms with Crippen molar-refractivity contribution in [2.75, 3.05) is 28.2 Å². The molecule has 0 radical (unpaired) electrons. The second-order valence-electron chi connectivity index (χ2n) is 16.2. The number of likely N-dealkylation sites (N-methyl/N-ethyl adjacent to an activating group) is 4. The highest BCUT2D eigenvalue weighted by Crippen LogP contribution is 2.21. The fourth-order valence-electron chi connectivity index (χ4n) is 6.51. The Balaban J connectivity index is 3.81. The van der Waals surface area contributed by atoms with Gasteiger partial charge in [0.15, 0.2) is 24.4 Å². The lowest BCUT2D eigenvalue weighted by Crippen LogP contribution is -2.53. The van der Waals surface area contributed by atoms with E-state index in [1.54, 1.807) is 0 Å². The monoisotopic (exact) mass is 853 g/mol. The number of hydrogen-bond acceptors (Lipinski definition) is 12. The largest absolute Gasteiger partial charge is 0.451 e. The van der Waals surface area contributed by atoms with Crippen LogP contribution in [0.15, 0.2) is 0 Å². The third-order valence-electron chi connectivity index (χ3n) is 11.5. The number of cyclic esters (lactones) is 4. The van der Waals surface area contributed by atoms with Gasteiger partial charge in [-0.2, -0.15) is 0 Å². The molecule has 0 bridgehead atoms. The normalized spacial score (nSPS) is 26.7. The van der Waals surface area contributed by atoms with Gasteiger partial charge in [0.1, 0.15) is 24.2 Å². The zero-order valence-corrected chi connectivity index (χ0v) is 38.6. The Bertz CT molecular complexity index is 1220. The first-order chi connectivity index (χ1) is 28.3. The standard InChI is InChI=1S/C44H76N4O12/c1-13-17-21-25-33-37(49)45(9)30(6)42(54)58-35(27-23-19-15-3)39(51)47(11)32(8)44(56)60-36(28-24-20-16-4)40(52)48(12)31(7)43(55)59-34(26-22-18-14-2)38(50)46(10)29(5)41(53)57-33/h29-36H,13-28H2,1-12H3/t29-,30+,31+,32-,33-,34-,35-,36-/m1/s1. The molecule has 344 valence electrons. The minimum absolute atomic E-state index is 0.145. The van der Waals surface area contributed by atoms with E-state index in [9.17, 15) is 38.4 Å². The van der Waals surface area contributed by atoms with Gasteiger partial charge in [-0.25, -0.2) is 19.2 Å². The lowest BCUT2D eigenvalue weighted by molar-refractivity contribution is -0.176. The van der Waals surface area contributed by atoms with Gasteiger partial charge in [-0.3, -0.25) is 19.2 Å². The van der Waals surface area contributed by atoms with Crippen LogP contribution >= 0.6 is 0 Å². The fourth-order valence-corrected chi connectivity index (χ4v) is 6.51. The van der Waals surface area contributed by atoms with Crippen molar-refractivity contribution in [3.8, 4) is 0 Å². The van der Waals surface area contributed by atoms with Crippen LogP contribution in [0.3, 0.4) is 0 Å². The molecule has 0 saturated carbocycles. The van der Waals surface area contributed by atoms with Crippen molar-refractivity contribution in [1.29, 1.82) is 0 Å². The quantitative estimate of drug-likeness (QED) is 0.110. The number of unbranched alkanes of at least 4 members (excludes halogenated alkanes) is 8. The summed E-state index contributed by atoms with van der Waals surface area (Å²) < 4.78 is 23.1. The lowest BCUT2D eigenvalue weighted by Gasteiger charge is -2.33. The van der Waals surface area contributed by atoms with Crippen LogP contribution in [-0.2, 0) is 57.3 Å². The van der Waals surface area contributed by atoms with E-state index in [1.165, 1.54) is 55.9 Å². The van der Waals surface area contributed by atoms with Crippen molar-refractivity contribution >= 4 is 47.5 Å². The Morgan fingerprint density at radius 2 is 0.500 bits per heavy atom. The van der Waals surface area contributed by atoms with Crippen LogP contribution < -0.4 is 0 Å².